The summed E-state index contributed by atoms with van der Waals surface area (Å²) >= 11 is 0.752. The lowest BCUT2D eigenvalue weighted by Gasteiger charge is -2.08. The minimum Gasteiger partial charge on any atom is -0.480 e. The van der Waals surface area contributed by atoms with E-state index in [1.165, 1.54) is 0 Å². The van der Waals surface area contributed by atoms with E-state index < -0.39 is 44.8 Å². The minimum atomic E-state index is -3.76. The van der Waals surface area contributed by atoms with Gasteiger partial charge in [0.1, 0.15) is 6.04 Å². The highest BCUT2D eigenvalue weighted by Gasteiger charge is 2.23. The number of sulfone groups is 1. The monoisotopic (exact) mass is 287 g/mol. The van der Waals surface area contributed by atoms with Crippen molar-refractivity contribution >= 4 is 33.5 Å². The van der Waals surface area contributed by atoms with Crippen molar-refractivity contribution in [2.75, 3.05) is 16.6 Å². The van der Waals surface area contributed by atoms with Gasteiger partial charge in [-0.05, 0) is 0 Å². The zero-order valence-corrected chi connectivity index (χ0v) is 10.3. The Morgan fingerprint density at radius 3 is 2.18 bits per heavy atom. The SMILES string of the molecule is N[C@@H](CSCS(=O)(=O)CC(O)C(=O)O)C(=O)O. The number of aliphatic hydroxyl groups is 1. The van der Waals surface area contributed by atoms with E-state index in [4.69, 9.17) is 21.1 Å². The number of carboxylic acids is 2. The average Bonchev–Trinajstić information content (AvgIpc) is 2.15. The Morgan fingerprint density at radius 1 is 1.24 bits per heavy atom. The third-order valence-corrected chi connectivity index (χ3v) is 5.10. The number of rotatable bonds is 8. The van der Waals surface area contributed by atoms with Gasteiger partial charge in [0.25, 0.3) is 0 Å². The van der Waals surface area contributed by atoms with Crippen LogP contribution in [-0.2, 0) is 19.4 Å². The van der Waals surface area contributed by atoms with Crippen LogP contribution in [0.4, 0.5) is 0 Å². The summed E-state index contributed by atoms with van der Waals surface area (Å²) in [6.45, 7) is 0. The second-order valence-electron chi connectivity index (χ2n) is 3.20. The van der Waals surface area contributed by atoms with Crippen LogP contribution in [0.1, 0.15) is 0 Å². The lowest BCUT2D eigenvalue weighted by Crippen LogP contribution is -2.33. The molecule has 0 fully saturated rings. The van der Waals surface area contributed by atoms with Gasteiger partial charge < -0.3 is 21.1 Å². The summed E-state index contributed by atoms with van der Waals surface area (Å²) in [5.74, 6) is -3.89. The molecule has 17 heavy (non-hydrogen) atoms. The fourth-order valence-electron chi connectivity index (χ4n) is 0.733. The molecular formula is C7H13NO7S2. The summed E-state index contributed by atoms with van der Waals surface area (Å²) in [6, 6.07) is -1.18. The standard InChI is InChI=1S/C7H13NO7S2/c8-4(6(10)11)1-16-3-17(14,15)2-5(9)7(12)13/h4-5,9H,1-3,8H2,(H,10,11)(H,12,13)/t4-,5?/m0/s1. The van der Waals surface area contributed by atoms with E-state index in [9.17, 15) is 18.0 Å². The predicted octanol–water partition coefficient (Wildman–Crippen LogP) is -2.05. The van der Waals surface area contributed by atoms with Crippen LogP contribution in [0.25, 0.3) is 0 Å². The Hall–Kier alpha value is -0.840. The summed E-state index contributed by atoms with van der Waals surface area (Å²) < 4.78 is 22.5. The highest BCUT2D eigenvalue weighted by molar-refractivity contribution is 8.12. The van der Waals surface area contributed by atoms with Gasteiger partial charge in [-0.2, -0.15) is 0 Å². The molecule has 0 aromatic rings. The number of carboxylic acid groups (broad SMARTS) is 2. The molecule has 0 bridgehead atoms. The smallest absolute Gasteiger partial charge is 0.333 e. The van der Waals surface area contributed by atoms with Gasteiger partial charge in [0.05, 0.1) is 10.8 Å². The van der Waals surface area contributed by atoms with Crippen LogP contribution >= 0.6 is 11.8 Å². The van der Waals surface area contributed by atoms with Gasteiger partial charge in [-0.15, -0.1) is 11.8 Å². The molecule has 10 heteroatoms. The molecule has 0 saturated heterocycles. The molecule has 0 heterocycles. The normalized spacial score (nSPS) is 15.2. The van der Waals surface area contributed by atoms with Gasteiger partial charge >= 0.3 is 11.9 Å². The maximum atomic E-state index is 11.3. The van der Waals surface area contributed by atoms with Crippen LogP contribution in [0.5, 0.6) is 0 Å². The Labute approximate surface area is 102 Å². The molecule has 0 aromatic heterocycles. The molecule has 0 radical (unpaired) electrons. The summed E-state index contributed by atoms with van der Waals surface area (Å²) in [7, 11) is -3.76. The summed E-state index contributed by atoms with van der Waals surface area (Å²) in [5.41, 5.74) is 5.14. The van der Waals surface area contributed by atoms with E-state index in [0.29, 0.717) is 0 Å². The van der Waals surface area contributed by atoms with E-state index in [2.05, 4.69) is 0 Å². The van der Waals surface area contributed by atoms with Gasteiger partial charge in [-0.3, -0.25) is 4.79 Å². The zero-order chi connectivity index (χ0) is 13.6. The quantitative estimate of drug-likeness (QED) is 0.394. The van der Waals surface area contributed by atoms with Crippen LogP contribution in [0.3, 0.4) is 0 Å². The lowest BCUT2D eigenvalue weighted by atomic mass is 10.4. The molecule has 0 aliphatic rings. The lowest BCUT2D eigenvalue weighted by molar-refractivity contribution is -0.145. The first kappa shape index (κ1) is 16.2. The van der Waals surface area contributed by atoms with Crippen LogP contribution < -0.4 is 5.73 Å². The molecule has 5 N–H and O–H groups in total. The molecule has 0 aromatic carbocycles. The molecule has 0 aliphatic heterocycles. The summed E-state index contributed by atoms with van der Waals surface area (Å²) in [6.07, 6.45) is -1.98. The molecule has 2 atom stereocenters. The van der Waals surface area contributed by atoms with Crippen molar-refractivity contribution in [3.63, 3.8) is 0 Å². The van der Waals surface area contributed by atoms with Crippen LogP contribution in [0, 0.1) is 0 Å². The van der Waals surface area contributed by atoms with Gasteiger partial charge in [0.15, 0.2) is 15.9 Å². The number of hydrogen-bond donors (Lipinski definition) is 4. The summed E-state index contributed by atoms with van der Waals surface area (Å²) in [5, 5.41) is 25.1. The van der Waals surface area contributed by atoms with Gasteiger partial charge in [0.2, 0.25) is 0 Å². The van der Waals surface area contributed by atoms with Crippen LogP contribution in [0.2, 0.25) is 0 Å². The highest BCUT2D eigenvalue weighted by Crippen LogP contribution is 2.08. The van der Waals surface area contributed by atoms with Crippen LogP contribution in [-0.4, -0.2) is 64.4 Å². The van der Waals surface area contributed by atoms with Crippen molar-refractivity contribution in [1.82, 2.24) is 0 Å². The molecule has 0 aliphatic carbocycles. The average molecular weight is 287 g/mol. The van der Waals surface area contributed by atoms with E-state index in [1.54, 1.807) is 0 Å². The number of aliphatic carboxylic acids is 2. The molecular weight excluding hydrogens is 274 g/mol. The maximum absolute atomic E-state index is 11.3. The van der Waals surface area contributed by atoms with E-state index >= 15 is 0 Å². The van der Waals surface area contributed by atoms with Crippen molar-refractivity contribution in [3.05, 3.63) is 0 Å². The maximum Gasteiger partial charge on any atom is 0.333 e. The van der Waals surface area contributed by atoms with Crippen molar-refractivity contribution in [2.24, 2.45) is 5.73 Å². The molecule has 0 spiro atoms. The van der Waals surface area contributed by atoms with Crippen molar-refractivity contribution in [2.45, 2.75) is 12.1 Å². The summed E-state index contributed by atoms with van der Waals surface area (Å²) in [4.78, 5) is 20.5. The topological polar surface area (TPSA) is 155 Å². The third-order valence-electron chi connectivity index (χ3n) is 1.57. The Balaban J connectivity index is 4.11. The van der Waals surface area contributed by atoms with E-state index in [-0.39, 0.29) is 5.75 Å². The molecule has 100 valence electrons. The highest BCUT2D eigenvalue weighted by atomic mass is 32.3. The fraction of sp³-hybridized carbons (Fsp3) is 0.714. The largest absolute Gasteiger partial charge is 0.480 e. The third kappa shape index (κ3) is 7.15. The first-order valence-corrected chi connectivity index (χ1v) is 7.30. The molecule has 0 amide bonds. The van der Waals surface area contributed by atoms with Gasteiger partial charge in [-0.1, -0.05) is 0 Å². The first-order valence-electron chi connectivity index (χ1n) is 4.33. The van der Waals surface area contributed by atoms with Crippen LogP contribution in [0.15, 0.2) is 0 Å². The minimum absolute atomic E-state index is 0.113. The first-order chi connectivity index (χ1) is 7.65. The van der Waals surface area contributed by atoms with Crippen molar-refractivity contribution < 1.29 is 33.3 Å². The number of aliphatic hydroxyl groups excluding tert-OH is 1. The molecule has 1 unspecified atom stereocenters. The van der Waals surface area contributed by atoms with Gasteiger partial charge in [-0.25, -0.2) is 13.2 Å². The predicted molar refractivity (Wildman–Crippen MR) is 60.4 cm³/mol. The van der Waals surface area contributed by atoms with E-state index in [0.717, 1.165) is 11.8 Å². The van der Waals surface area contributed by atoms with Crippen molar-refractivity contribution in [3.8, 4) is 0 Å². The fourth-order valence-corrected chi connectivity index (χ4v) is 3.54. The number of nitrogens with two attached hydrogens (primary N) is 1. The second-order valence-corrected chi connectivity index (χ2v) is 6.70. The van der Waals surface area contributed by atoms with Gasteiger partial charge in [0, 0.05) is 5.75 Å². The van der Waals surface area contributed by atoms with Crippen molar-refractivity contribution in [1.29, 1.82) is 0 Å². The number of carbonyl (C=O) groups is 2. The molecule has 0 saturated carbocycles. The number of hydrogen-bond acceptors (Lipinski definition) is 7. The Morgan fingerprint density at radius 2 is 1.76 bits per heavy atom. The van der Waals surface area contributed by atoms with E-state index in [1.807, 2.05) is 0 Å². The second kappa shape index (κ2) is 6.79. The molecule has 0 rings (SSSR count). The Bertz CT molecular complexity index is 380. The zero-order valence-electron chi connectivity index (χ0n) is 8.64. The molecule has 8 nitrogen and oxygen atoms in total. The Kier molecular flexibility index (Phi) is 6.45. The number of thioether (sulfide) groups is 1.